The number of carbonyl (C=O) groups excluding carboxylic acids is 1. The minimum atomic E-state index is -0.501. The first-order valence-electron chi connectivity index (χ1n) is 6.13. The summed E-state index contributed by atoms with van der Waals surface area (Å²) in [5.74, 6) is -0.255. The smallest absolute Gasteiger partial charge is 0.351 e. The lowest BCUT2D eigenvalue weighted by Crippen LogP contribution is -2.33. The molecule has 0 atom stereocenters. The summed E-state index contributed by atoms with van der Waals surface area (Å²) < 4.78 is 0. The third kappa shape index (κ3) is 4.44. The number of benzene rings is 1. The average Bonchev–Trinajstić information content (AvgIpc) is 2.31. The number of urea groups is 1. The second kappa shape index (κ2) is 6.99. The summed E-state index contributed by atoms with van der Waals surface area (Å²) in [5, 5.41) is 0.509. The fourth-order valence-electron chi connectivity index (χ4n) is 1.64. The van der Waals surface area contributed by atoms with Gasteiger partial charge in [-0.05, 0) is 31.0 Å². The van der Waals surface area contributed by atoms with E-state index in [2.05, 4.69) is 4.99 Å². The van der Waals surface area contributed by atoms with E-state index in [4.69, 9.17) is 23.1 Å². The molecule has 0 radical (unpaired) electrons. The van der Waals surface area contributed by atoms with E-state index in [1.165, 1.54) is 4.90 Å². The number of carbonyl (C=O) groups is 1. The Morgan fingerprint density at radius 1 is 1.42 bits per heavy atom. The lowest BCUT2D eigenvalue weighted by molar-refractivity contribution is 0.254. The molecule has 104 valence electrons. The molecule has 0 spiro atoms. The minimum absolute atomic E-state index is 0.255. The van der Waals surface area contributed by atoms with Gasteiger partial charge in [0.15, 0.2) is 5.96 Å². The van der Waals surface area contributed by atoms with Gasteiger partial charge >= 0.3 is 6.03 Å². The average molecular weight is 283 g/mol. The van der Waals surface area contributed by atoms with Crippen LogP contribution in [0.2, 0.25) is 5.02 Å². The Balaban J connectivity index is 3.08. The topological polar surface area (TPSA) is 84.7 Å². The summed E-state index contributed by atoms with van der Waals surface area (Å²) >= 11 is 6.18. The number of guanidine groups is 1. The molecule has 0 saturated heterocycles. The largest absolute Gasteiger partial charge is 0.370 e. The van der Waals surface area contributed by atoms with Crippen LogP contribution in [0.15, 0.2) is 23.2 Å². The van der Waals surface area contributed by atoms with Crippen molar-refractivity contribution >= 4 is 29.3 Å². The van der Waals surface area contributed by atoms with Gasteiger partial charge in [0.2, 0.25) is 0 Å². The standard InChI is InChI=1S/C13H19ClN4O/c1-3-4-7-18(13(19)17-12(15)16)11-6-5-9(2)8-10(11)14/h5-6,8H,3-4,7H2,1-2H3,(H4,15,16,17,19). The Bertz CT molecular complexity index is 484. The zero-order valence-corrected chi connectivity index (χ0v) is 11.9. The minimum Gasteiger partial charge on any atom is -0.370 e. The van der Waals surface area contributed by atoms with Gasteiger partial charge in [0.25, 0.3) is 0 Å². The number of hydrogen-bond donors (Lipinski definition) is 2. The molecule has 0 bridgehead atoms. The lowest BCUT2D eigenvalue weighted by atomic mass is 10.2. The number of aliphatic imine (C=N–C) groups is 1. The van der Waals surface area contributed by atoms with Crippen LogP contribution in [0.5, 0.6) is 0 Å². The Morgan fingerprint density at radius 3 is 2.63 bits per heavy atom. The highest BCUT2D eigenvalue weighted by Gasteiger charge is 2.17. The highest BCUT2D eigenvalue weighted by molar-refractivity contribution is 6.33. The van der Waals surface area contributed by atoms with E-state index in [0.29, 0.717) is 17.3 Å². The predicted molar refractivity (Wildman–Crippen MR) is 79.6 cm³/mol. The molecule has 19 heavy (non-hydrogen) atoms. The Labute approximate surface area is 118 Å². The molecule has 0 unspecified atom stereocenters. The van der Waals surface area contributed by atoms with Crippen LogP contribution >= 0.6 is 11.6 Å². The Kier molecular flexibility index (Phi) is 5.63. The van der Waals surface area contributed by atoms with E-state index >= 15 is 0 Å². The number of amides is 2. The van der Waals surface area contributed by atoms with Crippen molar-refractivity contribution in [2.45, 2.75) is 26.7 Å². The monoisotopic (exact) mass is 282 g/mol. The van der Waals surface area contributed by atoms with Crippen LogP contribution in [0.25, 0.3) is 0 Å². The van der Waals surface area contributed by atoms with Crippen LogP contribution in [-0.2, 0) is 0 Å². The van der Waals surface area contributed by atoms with Gasteiger partial charge in [-0.25, -0.2) is 4.79 Å². The van der Waals surface area contributed by atoms with Crippen molar-refractivity contribution in [2.75, 3.05) is 11.4 Å². The summed E-state index contributed by atoms with van der Waals surface area (Å²) in [6, 6.07) is 4.99. The van der Waals surface area contributed by atoms with Gasteiger partial charge < -0.3 is 11.5 Å². The molecule has 1 rings (SSSR count). The van der Waals surface area contributed by atoms with Gasteiger partial charge in [-0.15, -0.1) is 0 Å². The number of anilines is 1. The van der Waals surface area contributed by atoms with Gasteiger partial charge in [0, 0.05) is 6.54 Å². The van der Waals surface area contributed by atoms with Crippen LogP contribution in [0, 0.1) is 6.92 Å². The summed E-state index contributed by atoms with van der Waals surface area (Å²) in [7, 11) is 0. The van der Waals surface area contributed by atoms with E-state index in [1.54, 1.807) is 12.1 Å². The molecule has 5 nitrogen and oxygen atoms in total. The second-order valence-electron chi connectivity index (χ2n) is 4.28. The molecule has 0 saturated carbocycles. The number of nitrogens with two attached hydrogens (primary N) is 2. The maximum atomic E-state index is 12.0. The number of nitrogens with zero attached hydrogens (tertiary/aromatic N) is 2. The molecule has 2 amide bonds. The molecule has 1 aromatic carbocycles. The first-order chi connectivity index (χ1) is 8.95. The third-order valence-electron chi connectivity index (χ3n) is 2.58. The highest BCUT2D eigenvalue weighted by Crippen LogP contribution is 2.27. The van der Waals surface area contributed by atoms with Crippen LogP contribution in [0.4, 0.5) is 10.5 Å². The number of aryl methyl sites for hydroxylation is 1. The van der Waals surface area contributed by atoms with Gasteiger partial charge in [-0.1, -0.05) is 31.0 Å². The van der Waals surface area contributed by atoms with Crippen molar-refractivity contribution < 1.29 is 4.79 Å². The van der Waals surface area contributed by atoms with Crippen molar-refractivity contribution in [3.8, 4) is 0 Å². The van der Waals surface area contributed by atoms with E-state index in [1.807, 2.05) is 19.9 Å². The fraction of sp³-hybridized carbons (Fsp3) is 0.385. The molecule has 0 aromatic heterocycles. The van der Waals surface area contributed by atoms with Gasteiger partial charge in [0.1, 0.15) is 0 Å². The van der Waals surface area contributed by atoms with Crippen molar-refractivity contribution in [3.63, 3.8) is 0 Å². The first-order valence-corrected chi connectivity index (χ1v) is 6.50. The Morgan fingerprint density at radius 2 is 2.11 bits per heavy atom. The maximum Gasteiger partial charge on any atom is 0.351 e. The molecule has 0 heterocycles. The lowest BCUT2D eigenvalue weighted by Gasteiger charge is -2.21. The van der Waals surface area contributed by atoms with Gasteiger partial charge in [-0.3, -0.25) is 4.90 Å². The summed E-state index contributed by atoms with van der Waals surface area (Å²) in [6.07, 6.45) is 1.80. The first kappa shape index (κ1) is 15.3. The van der Waals surface area contributed by atoms with Gasteiger partial charge in [0.05, 0.1) is 10.7 Å². The Hall–Kier alpha value is -1.75. The summed E-state index contributed by atoms with van der Waals surface area (Å²) in [4.78, 5) is 17.1. The van der Waals surface area contributed by atoms with Crippen molar-refractivity contribution in [2.24, 2.45) is 16.5 Å². The van der Waals surface area contributed by atoms with Crippen LogP contribution in [-0.4, -0.2) is 18.5 Å². The van der Waals surface area contributed by atoms with Crippen LogP contribution < -0.4 is 16.4 Å². The second-order valence-corrected chi connectivity index (χ2v) is 4.69. The van der Waals surface area contributed by atoms with E-state index < -0.39 is 6.03 Å². The predicted octanol–water partition coefficient (Wildman–Crippen LogP) is 2.65. The highest BCUT2D eigenvalue weighted by atomic mass is 35.5. The van der Waals surface area contributed by atoms with Crippen LogP contribution in [0.1, 0.15) is 25.3 Å². The molecule has 4 N–H and O–H groups in total. The third-order valence-corrected chi connectivity index (χ3v) is 2.89. The molecule has 6 heteroatoms. The fourth-order valence-corrected chi connectivity index (χ4v) is 1.97. The van der Waals surface area contributed by atoms with E-state index in [-0.39, 0.29) is 5.96 Å². The quantitative estimate of drug-likeness (QED) is 0.658. The number of hydrogen-bond acceptors (Lipinski definition) is 1. The SMILES string of the molecule is CCCCN(C(=O)N=C(N)N)c1ccc(C)cc1Cl. The molecule has 0 aliphatic heterocycles. The van der Waals surface area contributed by atoms with E-state index in [0.717, 1.165) is 18.4 Å². The summed E-state index contributed by atoms with van der Waals surface area (Å²) in [6.45, 7) is 4.50. The normalized spacial score (nSPS) is 10.1. The molecular formula is C13H19ClN4O. The maximum absolute atomic E-state index is 12.0. The molecule has 0 aliphatic rings. The molecule has 0 fully saturated rings. The molecule has 1 aromatic rings. The number of rotatable bonds is 4. The van der Waals surface area contributed by atoms with Crippen LogP contribution in [0.3, 0.4) is 0 Å². The zero-order chi connectivity index (χ0) is 14.4. The number of unbranched alkanes of at least 4 members (excludes halogenated alkanes) is 1. The van der Waals surface area contributed by atoms with E-state index in [9.17, 15) is 4.79 Å². The zero-order valence-electron chi connectivity index (χ0n) is 11.2. The molecular weight excluding hydrogens is 264 g/mol. The van der Waals surface area contributed by atoms with Crippen molar-refractivity contribution in [3.05, 3.63) is 28.8 Å². The number of halogens is 1. The molecule has 0 aliphatic carbocycles. The summed E-state index contributed by atoms with van der Waals surface area (Å²) in [5.41, 5.74) is 12.1. The van der Waals surface area contributed by atoms with Crippen molar-refractivity contribution in [1.82, 2.24) is 0 Å². The van der Waals surface area contributed by atoms with Gasteiger partial charge in [-0.2, -0.15) is 4.99 Å². The van der Waals surface area contributed by atoms with Crippen molar-refractivity contribution in [1.29, 1.82) is 0 Å².